The van der Waals surface area contributed by atoms with Crippen LogP contribution in [0.3, 0.4) is 0 Å². The first-order valence-electron chi connectivity index (χ1n) is 9.54. The minimum atomic E-state index is -0.115. The third-order valence-corrected chi connectivity index (χ3v) is 6.39. The molecule has 0 heterocycles. The molecule has 30 heavy (non-hydrogen) atoms. The molecule has 4 aromatic carbocycles. The van der Waals surface area contributed by atoms with Crippen molar-refractivity contribution in [1.82, 2.24) is 0 Å². The SMILES string of the molecule is Clc1cccc(C(c2ccccc2Cl)C(c2cccc(Cl)c2)c2ccccc2Cl)c1. The van der Waals surface area contributed by atoms with Gasteiger partial charge in [0.05, 0.1) is 0 Å². The van der Waals surface area contributed by atoms with Crippen LogP contribution in [0.1, 0.15) is 34.1 Å². The molecule has 0 aliphatic rings. The molecular weight excluding hydrogens is 454 g/mol. The Kier molecular flexibility index (Phi) is 6.71. The molecule has 0 radical (unpaired) electrons. The van der Waals surface area contributed by atoms with Gasteiger partial charge in [0.2, 0.25) is 0 Å². The Balaban J connectivity index is 2.03. The van der Waals surface area contributed by atoms with Crippen LogP contribution in [0, 0.1) is 0 Å². The van der Waals surface area contributed by atoms with Gasteiger partial charge in [0.15, 0.2) is 0 Å². The van der Waals surface area contributed by atoms with E-state index in [1.54, 1.807) is 0 Å². The molecule has 4 rings (SSSR count). The summed E-state index contributed by atoms with van der Waals surface area (Å²) < 4.78 is 0. The summed E-state index contributed by atoms with van der Waals surface area (Å²) in [5.41, 5.74) is 4.12. The summed E-state index contributed by atoms with van der Waals surface area (Å²) in [5, 5.41) is 2.74. The van der Waals surface area contributed by atoms with Gasteiger partial charge in [-0.3, -0.25) is 0 Å². The summed E-state index contributed by atoms with van der Waals surface area (Å²) in [6.07, 6.45) is 0. The van der Waals surface area contributed by atoms with Gasteiger partial charge in [-0.15, -0.1) is 0 Å². The second-order valence-electron chi connectivity index (χ2n) is 7.11. The van der Waals surface area contributed by atoms with Gasteiger partial charge in [0.25, 0.3) is 0 Å². The maximum Gasteiger partial charge on any atom is 0.0444 e. The van der Waals surface area contributed by atoms with Crippen molar-refractivity contribution >= 4 is 46.4 Å². The van der Waals surface area contributed by atoms with Gasteiger partial charge in [-0.25, -0.2) is 0 Å². The molecule has 150 valence electrons. The molecule has 0 amide bonds. The maximum atomic E-state index is 6.71. The highest BCUT2D eigenvalue weighted by molar-refractivity contribution is 6.32. The van der Waals surface area contributed by atoms with Gasteiger partial charge in [0, 0.05) is 31.9 Å². The molecule has 0 saturated carbocycles. The fourth-order valence-electron chi connectivity index (χ4n) is 3.96. The zero-order chi connectivity index (χ0) is 21.1. The Morgan fingerprint density at radius 1 is 0.433 bits per heavy atom. The first-order chi connectivity index (χ1) is 14.5. The van der Waals surface area contributed by atoms with Gasteiger partial charge in [0.1, 0.15) is 0 Å². The molecule has 0 fully saturated rings. The molecule has 0 aromatic heterocycles. The van der Waals surface area contributed by atoms with Crippen molar-refractivity contribution in [2.75, 3.05) is 0 Å². The molecule has 2 atom stereocenters. The fourth-order valence-corrected chi connectivity index (χ4v) is 4.86. The Morgan fingerprint density at radius 2 is 0.833 bits per heavy atom. The molecule has 2 unspecified atom stereocenters. The molecule has 0 aliphatic carbocycles. The molecule has 0 spiro atoms. The summed E-state index contributed by atoms with van der Waals surface area (Å²) in [4.78, 5) is 0. The van der Waals surface area contributed by atoms with Gasteiger partial charge in [-0.05, 0) is 58.7 Å². The van der Waals surface area contributed by atoms with Gasteiger partial charge in [-0.2, -0.15) is 0 Å². The van der Waals surface area contributed by atoms with Crippen LogP contribution in [-0.2, 0) is 0 Å². The Morgan fingerprint density at radius 3 is 1.20 bits per heavy atom. The van der Waals surface area contributed by atoms with E-state index in [0.29, 0.717) is 20.1 Å². The van der Waals surface area contributed by atoms with Crippen LogP contribution in [0.2, 0.25) is 20.1 Å². The first-order valence-corrected chi connectivity index (χ1v) is 11.1. The Hall–Kier alpha value is -1.96. The van der Waals surface area contributed by atoms with E-state index in [-0.39, 0.29) is 11.8 Å². The number of rotatable bonds is 5. The number of halogens is 4. The van der Waals surface area contributed by atoms with E-state index in [9.17, 15) is 0 Å². The van der Waals surface area contributed by atoms with Crippen molar-refractivity contribution in [3.8, 4) is 0 Å². The first kappa shape index (κ1) is 21.3. The van der Waals surface area contributed by atoms with Crippen LogP contribution in [0.4, 0.5) is 0 Å². The van der Waals surface area contributed by atoms with E-state index in [0.717, 1.165) is 22.3 Å². The summed E-state index contributed by atoms with van der Waals surface area (Å²) in [6, 6.07) is 31.6. The predicted molar refractivity (Wildman–Crippen MR) is 129 cm³/mol. The summed E-state index contributed by atoms with van der Waals surface area (Å²) in [7, 11) is 0. The van der Waals surface area contributed by atoms with Crippen molar-refractivity contribution in [3.63, 3.8) is 0 Å². The largest absolute Gasteiger partial charge is 0.0843 e. The van der Waals surface area contributed by atoms with Crippen LogP contribution in [0.5, 0.6) is 0 Å². The molecule has 0 bridgehead atoms. The van der Waals surface area contributed by atoms with Crippen LogP contribution in [-0.4, -0.2) is 0 Å². The van der Waals surface area contributed by atoms with Crippen LogP contribution >= 0.6 is 46.4 Å². The number of hydrogen-bond acceptors (Lipinski definition) is 0. The highest BCUT2D eigenvalue weighted by Gasteiger charge is 2.31. The van der Waals surface area contributed by atoms with Gasteiger partial charge in [-0.1, -0.05) is 107 Å². The third-order valence-electron chi connectivity index (χ3n) is 5.23. The topological polar surface area (TPSA) is 0 Å². The molecule has 0 nitrogen and oxygen atoms in total. The molecule has 4 heteroatoms. The highest BCUT2D eigenvalue weighted by Crippen LogP contribution is 2.47. The second kappa shape index (κ2) is 9.45. The smallest absolute Gasteiger partial charge is 0.0444 e. The zero-order valence-corrected chi connectivity index (χ0v) is 18.9. The maximum absolute atomic E-state index is 6.71. The van der Waals surface area contributed by atoms with E-state index in [1.165, 1.54) is 0 Å². The highest BCUT2D eigenvalue weighted by atomic mass is 35.5. The number of hydrogen-bond donors (Lipinski definition) is 0. The van der Waals surface area contributed by atoms with Crippen molar-refractivity contribution in [2.24, 2.45) is 0 Å². The lowest BCUT2D eigenvalue weighted by molar-refractivity contribution is 0.694. The average Bonchev–Trinajstić information content (AvgIpc) is 2.73. The molecule has 0 saturated heterocycles. The van der Waals surface area contributed by atoms with Gasteiger partial charge < -0.3 is 0 Å². The minimum absolute atomic E-state index is 0.115. The number of benzene rings is 4. The quantitative estimate of drug-likeness (QED) is 0.272. The minimum Gasteiger partial charge on any atom is -0.0843 e. The van der Waals surface area contributed by atoms with Crippen LogP contribution in [0.15, 0.2) is 97.1 Å². The molecule has 0 N–H and O–H groups in total. The lowest BCUT2D eigenvalue weighted by Crippen LogP contribution is -2.15. The monoisotopic (exact) mass is 470 g/mol. The Bertz CT molecular complexity index is 1080. The third kappa shape index (κ3) is 4.53. The molecular formula is C26H18Cl4. The normalized spacial score (nSPS) is 13.1. The average molecular weight is 472 g/mol. The van der Waals surface area contributed by atoms with Crippen LogP contribution in [0.25, 0.3) is 0 Å². The van der Waals surface area contributed by atoms with Crippen molar-refractivity contribution in [1.29, 1.82) is 0 Å². The molecule has 0 aliphatic heterocycles. The van der Waals surface area contributed by atoms with Crippen molar-refractivity contribution in [3.05, 3.63) is 139 Å². The van der Waals surface area contributed by atoms with E-state index in [4.69, 9.17) is 46.4 Å². The summed E-state index contributed by atoms with van der Waals surface area (Å²) >= 11 is 26.2. The Labute approximate surface area is 197 Å². The van der Waals surface area contributed by atoms with Gasteiger partial charge >= 0.3 is 0 Å². The summed E-state index contributed by atoms with van der Waals surface area (Å²) in [6.45, 7) is 0. The molecule has 4 aromatic rings. The van der Waals surface area contributed by atoms with Crippen molar-refractivity contribution < 1.29 is 0 Å². The van der Waals surface area contributed by atoms with E-state index >= 15 is 0 Å². The van der Waals surface area contributed by atoms with E-state index in [1.807, 2.05) is 72.8 Å². The lowest BCUT2D eigenvalue weighted by Gasteiger charge is -2.31. The second-order valence-corrected chi connectivity index (χ2v) is 8.80. The van der Waals surface area contributed by atoms with Crippen molar-refractivity contribution in [2.45, 2.75) is 11.8 Å². The van der Waals surface area contributed by atoms with E-state index < -0.39 is 0 Å². The van der Waals surface area contributed by atoms with Crippen LogP contribution < -0.4 is 0 Å². The zero-order valence-electron chi connectivity index (χ0n) is 15.9. The predicted octanol–water partition coefficient (Wildman–Crippen LogP) is 9.26. The lowest BCUT2D eigenvalue weighted by atomic mass is 9.73. The summed E-state index contributed by atoms with van der Waals surface area (Å²) in [5.74, 6) is -0.230. The fraction of sp³-hybridized carbons (Fsp3) is 0.0769. The standard InChI is InChI=1S/C26H18Cl4/c27-19-9-5-7-17(15-19)25(21-11-1-3-13-23(21)29)26(18-8-6-10-20(28)16-18)22-12-2-4-14-24(22)30/h1-16,25-26H. The van der Waals surface area contributed by atoms with E-state index in [2.05, 4.69) is 24.3 Å².